The molecule has 0 saturated carbocycles. The highest BCUT2D eigenvalue weighted by Gasteiger charge is 2.29. The number of thiophene rings is 1. The number of aromatic carboxylic acids is 1. The predicted molar refractivity (Wildman–Crippen MR) is 79.0 cm³/mol. The molecule has 0 aliphatic carbocycles. The third kappa shape index (κ3) is 2.59. The summed E-state index contributed by atoms with van der Waals surface area (Å²) in [6, 6.07) is 8.99. The second-order valence-electron chi connectivity index (χ2n) is 4.82. The lowest BCUT2D eigenvalue weighted by Crippen LogP contribution is -2.35. The molecule has 1 aromatic carbocycles. The summed E-state index contributed by atoms with van der Waals surface area (Å²) in [5.74, 6) is -1.11. The standard InChI is InChI=1S/C14H13NO4S2/c16-14(17)12-7-13(20-9-12)21(18,19)15-6-5-10-3-1-2-4-11(10)8-15/h1-4,7,9H,5-6,8H2,(H,16,17). The van der Waals surface area contributed by atoms with Gasteiger partial charge in [0.05, 0.1) is 5.56 Å². The molecule has 1 aliphatic heterocycles. The van der Waals surface area contributed by atoms with Gasteiger partial charge in [-0.2, -0.15) is 4.31 Å². The van der Waals surface area contributed by atoms with Crippen LogP contribution in [-0.2, 0) is 23.0 Å². The molecule has 0 atom stereocenters. The van der Waals surface area contributed by atoms with Crippen molar-refractivity contribution in [2.75, 3.05) is 6.54 Å². The molecule has 0 spiro atoms. The van der Waals surface area contributed by atoms with Crippen LogP contribution in [0.15, 0.2) is 39.9 Å². The molecule has 1 N–H and O–H groups in total. The van der Waals surface area contributed by atoms with Crippen LogP contribution in [0.1, 0.15) is 21.5 Å². The topological polar surface area (TPSA) is 74.7 Å². The Morgan fingerprint density at radius 3 is 2.62 bits per heavy atom. The number of benzene rings is 1. The number of rotatable bonds is 3. The van der Waals surface area contributed by atoms with E-state index in [1.807, 2.05) is 24.3 Å². The summed E-state index contributed by atoms with van der Waals surface area (Å²) in [6.45, 7) is 0.748. The van der Waals surface area contributed by atoms with Crippen LogP contribution in [0.5, 0.6) is 0 Å². The van der Waals surface area contributed by atoms with Crippen LogP contribution in [0.3, 0.4) is 0 Å². The summed E-state index contributed by atoms with van der Waals surface area (Å²) in [5.41, 5.74) is 2.18. The number of sulfonamides is 1. The minimum Gasteiger partial charge on any atom is -0.478 e. The van der Waals surface area contributed by atoms with Crippen LogP contribution in [-0.4, -0.2) is 30.3 Å². The molecule has 0 unspecified atom stereocenters. The fourth-order valence-corrected chi connectivity index (χ4v) is 5.09. The lowest BCUT2D eigenvalue weighted by Gasteiger charge is -2.27. The SMILES string of the molecule is O=C(O)c1csc(S(=O)(=O)N2CCc3ccccc3C2)c1. The minimum atomic E-state index is -3.63. The van der Waals surface area contributed by atoms with Gasteiger partial charge in [0, 0.05) is 18.5 Å². The molecule has 0 amide bonds. The first-order chi connectivity index (χ1) is 9.98. The third-order valence-electron chi connectivity index (χ3n) is 3.51. The van der Waals surface area contributed by atoms with Gasteiger partial charge in [0.1, 0.15) is 4.21 Å². The van der Waals surface area contributed by atoms with Gasteiger partial charge in [0.15, 0.2) is 0 Å². The molecule has 7 heteroatoms. The average molecular weight is 323 g/mol. The molecule has 0 saturated heterocycles. The van der Waals surface area contributed by atoms with Gasteiger partial charge >= 0.3 is 5.97 Å². The highest BCUT2D eigenvalue weighted by atomic mass is 32.2. The van der Waals surface area contributed by atoms with Crippen molar-refractivity contribution >= 4 is 27.3 Å². The van der Waals surface area contributed by atoms with Crippen molar-refractivity contribution in [2.24, 2.45) is 0 Å². The highest BCUT2D eigenvalue weighted by molar-refractivity contribution is 7.91. The number of hydrogen-bond acceptors (Lipinski definition) is 4. The van der Waals surface area contributed by atoms with Crippen LogP contribution >= 0.6 is 11.3 Å². The maximum absolute atomic E-state index is 12.6. The van der Waals surface area contributed by atoms with E-state index in [1.165, 1.54) is 21.3 Å². The summed E-state index contributed by atoms with van der Waals surface area (Å²) < 4.78 is 26.6. The summed E-state index contributed by atoms with van der Waals surface area (Å²) in [4.78, 5) is 10.9. The lowest BCUT2D eigenvalue weighted by atomic mass is 10.0. The van der Waals surface area contributed by atoms with Gasteiger partial charge in [-0.1, -0.05) is 24.3 Å². The van der Waals surface area contributed by atoms with Crippen LogP contribution in [0.2, 0.25) is 0 Å². The Bertz CT molecular complexity index is 795. The second-order valence-corrected chi connectivity index (χ2v) is 7.89. The molecule has 21 heavy (non-hydrogen) atoms. The fourth-order valence-electron chi connectivity index (χ4n) is 2.37. The Hall–Kier alpha value is -1.70. The van der Waals surface area contributed by atoms with E-state index in [1.54, 1.807) is 0 Å². The van der Waals surface area contributed by atoms with Crippen molar-refractivity contribution in [1.82, 2.24) is 4.31 Å². The number of carboxylic acids is 1. The highest BCUT2D eigenvalue weighted by Crippen LogP contribution is 2.28. The van der Waals surface area contributed by atoms with Crippen molar-refractivity contribution in [1.29, 1.82) is 0 Å². The summed E-state index contributed by atoms with van der Waals surface area (Å²) in [7, 11) is -3.63. The van der Waals surface area contributed by atoms with Gasteiger partial charge < -0.3 is 5.11 Å². The van der Waals surface area contributed by atoms with E-state index in [0.29, 0.717) is 19.5 Å². The third-order valence-corrected chi connectivity index (χ3v) is 6.77. The first-order valence-corrected chi connectivity index (χ1v) is 8.69. The van der Waals surface area contributed by atoms with E-state index < -0.39 is 16.0 Å². The van der Waals surface area contributed by atoms with Crippen molar-refractivity contribution in [2.45, 2.75) is 17.2 Å². The smallest absolute Gasteiger partial charge is 0.336 e. The van der Waals surface area contributed by atoms with Crippen molar-refractivity contribution in [3.05, 3.63) is 52.4 Å². The van der Waals surface area contributed by atoms with Gasteiger partial charge in [-0.25, -0.2) is 13.2 Å². The second kappa shape index (κ2) is 5.25. The Morgan fingerprint density at radius 1 is 1.24 bits per heavy atom. The number of hydrogen-bond donors (Lipinski definition) is 1. The van der Waals surface area contributed by atoms with Crippen molar-refractivity contribution < 1.29 is 18.3 Å². The summed E-state index contributed by atoms with van der Waals surface area (Å²) in [6.07, 6.45) is 0.673. The fraction of sp³-hybridized carbons (Fsp3) is 0.214. The number of carbonyl (C=O) groups is 1. The van der Waals surface area contributed by atoms with Gasteiger partial charge in [-0.05, 0) is 23.6 Å². The average Bonchev–Trinajstić information content (AvgIpc) is 2.97. The van der Waals surface area contributed by atoms with Gasteiger partial charge in [-0.3, -0.25) is 0 Å². The molecule has 5 nitrogen and oxygen atoms in total. The zero-order valence-corrected chi connectivity index (χ0v) is 12.7. The summed E-state index contributed by atoms with van der Waals surface area (Å²) >= 11 is 0.949. The van der Waals surface area contributed by atoms with Crippen LogP contribution in [0.4, 0.5) is 0 Å². The minimum absolute atomic E-state index is 0.0102. The molecular weight excluding hydrogens is 310 g/mol. The molecule has 3 rings (SSSR count). The van der Waals surface area contributed by atoms with E-state index in [4.69, 9.17) is 5.11 Å². The van der Waals surface area contributed by atoms with Crippen LogP contribution in [0, 0.1) is 0 Å². The molecule has 0 radical (unpaired) electrons. The van der Waals surface area contributed by atoms with E-state index in [0.717, 1.165) is 16.9 Å². The Labute approximate surface area is 126 Å². The molecule has 0 bridgehead atoms. The Balaban J connectivity index is 1.91. The van der Waals surface area contributed by atoms with Gasteiger partial charge in [0.25, 0.3) is 10.0 Å². The van der Waals surface area contributed by atoms with Crippen molar-refractivity contribution in [3.63, 3.8) is 0 Å². The molecule has 1 aliphatic rings. The molecule has 2 heterocycles. The first kappa shape index (κ1) is 14.2. The zero-order valence-electron chi connectivity index (χ0n) is 11.0. The predicted octanol–water partition coefficient (Wildman–Crippen LogP) is 2.19. The molecule has 2 aromatic rings. The number of carboxylic acid groups (broad SMARTS) is 1. The Kier molecular flexibility index (Phi) is 3.56. The van der Waals surface area contributed by atoms with E-state index >= 15 is 0 Å². The molecule has 110 valence electrons. The normalized spacial score (nSPS) is 15.6. The maximum Gasteiger partial charge on any atom is 0.336 e. The lowest BCUT2D eigenvalue weighted by molar-refractivity contribution is 0.0697. The maximum atomic E-state index is 12.6. The molecule has 0 fully saturated rings. The largest absolute Gasteiger partial charge is 0.478 e. The van der Waals surface area contributed by atoms with Gasteiger partial charge in [-0.15, -0.1) is 11.3 Å². The molecular formula is C14H13NO4S2. The van der Waals surface area contributed by atoms with E-state index in [9.17, 15) is 13.2 Å². The van der Waals surface area contributed by atoms with E-state index in [2.05, 4.69) is 0 Å². The summed E-state index contributed by atoms with van der Waals surface area (Å²) in [5, 5.41) is 10.3. The first-order valence-electron chi connectivity index (χ1n) is 6.37. The number of nitrogens with zero attached hydrogens (tertiary/aromatic N) is 1. The number of fused-ring (bicyclic) bond motifs is 1. The molecule has 1 aromatic heterocycles. The van der Waals surface area contributed by atoms with Gasteiger partial charge in [0.2, 0.25) is 0 Å². The van der Waals surface area contributed by atoms with Crippen LogP contribution < -0.4 is 0 Å². The Morgan fingerprint density at radius 2 is 1.95 bits per heavy atom. The quantitative estimate of drug-likeness (QED) is 0.939. The van der Waals surface area contributed by atoms with Crippen LogP contribution in [0.25, 0.3) is 0 Å². The van der Waals surface area contributed by atoms with Crippen molar-refractivity contribution in [3.8, 4) is 0 Å². The zero-order chi connectivity index (χ0) is 15.0. The monoisotopic (exact) mass is 323 g/mol. The van der Waals surface area contributed by atoms with E-state index in [-0.39, 0.29) is 9.77 Å².